The molecule has 0 aromatic rings. The first-order valence-electron chi connectivity index (χ1n) is 4.92. The maximum absolute atomic E-state index is 5.46. The third kappa shape index (κ3) is 2.40. The van der Waals surface area contributed by atoms with E-state index in [1.54, 1.807) is 0 Å². The van der Waals surface area contributed by atoms with Crippen molar-refractivity contribution in [3.05, 3.63) is 0 Å². The molecule has 0 spiro atoms. The van der Waals surface area contributed by atoms with Gasteiger partial charge in [0.25, 0.3) is 0 Å². The fourth-order valence-electron chi connectivity index (χ4n) is 1.88. The van der Waals surface area contributed by atoms with Crippen LogP contribution in [0.15, 0.2) is 0 Å². The summed E-state index contributed by atoms with van der Waals surface area (Å²) in [5, 5.41) is 0. The van der Waals surface area contributed by atoms with Crippen molar-refractivity contribution in [2.45, 2.75) is 26.1 Å². The summed E-state index contributed by atoms with van der Waals surface area (Å²) in [5.41, 5.74) is 0. The van der Waals surface area contributed by atoms with Crippen molar-refractivity contribution in [2.24, 2.45) is 0 Å². The lowest BCUT2D eigenvalue weighted by Crippen LogP contribution is -2.35. The van der Waals surface area contributed by atoms with Crippen LogP contribution in [-0.2, 0) is 9.47 Å². The molecule has 13 heavy (non-hydrogen) atoms. The van der Waals surface area contributed by atoms with Gasteiger partial charge >= 0.3 is 0 Å². The van der Waals surface area contributed by atoms with Gasteiger partial charge in [-0.25, -0.2) is 0 Å². The van der Waals surface area contributed by atoms with Crippen molar-refractivity contribution in [1.82, 2.24) is 9.80 Å². The van der Waals surface area contributed by atoms with Crippen molar-refractivity contribution in [3.8, 4) is 0 Å². The average molecular weight is 186 g/mol. The summed E-state index contributed by atoms with van der Waals surface area (Å²) in [6, 6.07) is 0. The lowest BCUT2D eigenvalue weighted by atomic mass is 10.4. The summed E-state index contributed by atoms with van der Waals surface area (Å²) in [6.07, 6.45) is 0.780. The highest BCUT2D eigenvalue weighted by Gasteiger charge is 2.25. The average Bonchev–Trinajstić information content (AvgIpc) is 2.62. The van der Waals surface area contributed by atoms with Crippen LogP contribution in [0.4, 0.5) is 0 Å². The van der Waals surface area contributed by atoms with E-state index in [1.807, 2.05) is 0 Å². The maximum atomic E-state index is 5.46. The van der Waals surface area contributed by atoms with Crippen molar-refractivity contribution in [2.75, 3.05) is 33.2 Å². The molecule has 0 unspecified atom stereocenters. The zero-order valence-corrected chi connectivity index (χ0v) is 8.40. The first-order chi connectivity index (χ1) is 6.24. The first-order valence-corrected chi connectivity index (χ1v) is 4.92. The summed E-state index contributed by atoms with van der Waals surface area (Å²) >= 11 is 0. The molecule has 0 aromatic heterocycles. The second-order valence-electron chi connectivity index (χ2n) is 4.06. The molecule has 0 aliphatic carbocycles. The molecule has 0 saturated carbocycles. The Hall–Kier alpha value is -0.160. The Labute approximate surface area is 79.4 Å². The quantitative estimate of drug-likeness (QED) is 0.619. The van der Waals surface area contributed by atoms with Gasteiger partial charge in [0.2, 0.25) is 0 Å². The maximum Gasteiger partial charge on any atom is 0.101 e. The Kier molecular flexibility index (Phi) is 2.83. The molecule has 2 heterocycles. The van der Waals surface area contributed by atoms with E-state index in [0.717, 1.165) is 33.2 Å². The van der Waals surface area contributed by atoms with Crippen molar-refractivity contribution < 1.29 is 9.47 Å². The fourth-order valence-corrected chi connectivity index (χ4v) is 1.88. The molecule has 2 fully saturated rings. The predicted molar refractivity (Wildman–Crippen MR) is 49.1 cm³/mol. The second-order valence-corrected chi connectivity index (χ2v) is 4.06. The normalized spacial score (nSPS) is 37.4. The molecule has 76 valence electrons. The molecule has 2 aliphatic rings. The molecule has 0 N–H and O–H groups in total. The minimum absolute atomic E-state index is 0.390. The standard InChI is InChI=1S/C9H18N2O2/c1-8-3-10(6-12-8)5-11-4-9(2)13-7-11/h8-9H,3-7H2,1-2H3/t8-,9-/m0/s1. The van der Waals surface area contributed by atoms with Crippen LogP contribution in [0.2, 0.25) is 0 Å². The van der Waals surface area contributed by atoms with Crippen molar-refractivity contribution in [3.63, 3.8) is 0 Å². The molecule has 2 rings (SSSR count). The molecule has 2 saturated heterocycles. The van der Waals surface area contributed by atoms with Crippen LogP contribution >= 0.6 is 0 Å². The molecule has 4 heteroatoms. The Balaban J connectivity index is 1.72. The zero-order valence-electron chi connectivity index (χ0n) is 8.40. The highest BCUT2D eigenvalue weighted by Crippen LogP contribution is 2.12. The first kappa shape index (κ1) is 9.40. The van der Waals surface area contributed by atoms with Crippen LogP contribution in [0.1, 0.15) is 13.8 Å². The smallest absolute Gasteiger partial charge is 0.101 e. The van der Waals surface area contributed by atoms with E-state index in [2.05, 4.69) is 23.6 Å². The number of hydrogen-bond donors (Lipinski definition) is 0. The van der Waals surface area contributed by atoms with Crippen LogP contribution < -0.4 is 0 Å². The summed E-state index contributed by atoms with van der Waals surface area (Å²) < 4.78 is 10.9. The summed E-state index contributed by atoms with van der Waals surface area (Å²) in [6.45, 7) is 8.84. The highest BCUT2D eigenvalue weighted by atomic mass is 16.5. The van der Waals surface area contributed by atoms with E-state index in [4.69, 9.17) is 9.47 Å². The Morgan fingerprint density at radius 3 is 1.77 bits per heavy atom. The molecule has 0 radical (unpaired) electrons. The molecule has 2 atom stereocenters. The minimum atomic E-state index is 0.390. The molecule has 0 bridgehead atoms. The van der Waals surface area contributed by atoms with Gasteiger partial charge in [0.1, 0.15) is 13.5 Å². The Morgan fingerprint density at radius 2 is 1.46 bits per heavy atom. The van der Waals surface area contributed by atoms with Gasteiger partial charge in [-0.1, -0.05) is 0 Å². The van der Waals surface area contributed by atoms with Crippen molar-refractivity contribution >= 4 is 0 Å². The van der Waals surface area contributed by atoms with Crippen LogP contribution in [0, 0.1) is 0 Å². The molecule has 4 nitrogen and oxygen atoms in total. The third-order valence-corrected chi connectivity index (χ3v) is 2.51. The second kappa shape index (κ2) is 3.92. The van der Waals surface area contributed by atoms with Gasteiger partial charge in [-0.05, 0) is 13.8 Å². The SMILES string of the molecule is C[C@H]1CN(CN2CO[C@@H](C)C2)CO1. The summed E-state index contributed by atoms with van der Waals surface area (Å²) in [5.74, 6) is 0. The van der Waals surface area contributed by atoms with E-state index in [9.17, 15) is 0 Å². The molecular weight excluding hydrogens is 168 g/mol. The summed E-state index contributed by atoms with van der Waals surface area (Å²) in [7, 11) is 0. The van der Waals surface area contributed by atoms with Crippen LogP contribution in [0.3, 0.4) is 0 Å². The number of hydrogen-bond acceptors (Lipinski definition) is 4. The number of nitrogens with zero attached hydrogens (tertiary/aromatic N) is 2. The van der Waals surface area contributed by atoms with Crippen LogP contribution in [0.25, 0.3) is 0 Å². The van der Waals surface area contributed by atoms with Crippen molar-refractivity contribution in [1.29, 1.82) is 0 Å². The van der Waals surface area contributed by atoms with E-state index in [1.165, 1.54) is 0 Å². The van der Waals surface area contributed by atoms with Gasteiger partial charge in [-0.3, -0.25) is 9.80 Å². The molecule has 0 amide bonds. The summed E-state index contributed by atoms with van der Waals surface area (Å²) in [4.78, 5) is 4.62. The van der Waals surface area contributed by atoms with E-state index < -0.39 is 0 Å². The minimum Gasteiger partial charge on any atom is -0.362 e. The lowest BCUT2D eigenvalue weighted by molar-refractivity contribution is 0.0551. The van der Waals surface area contributed by atoms with E-state index >= 15 is 0 Å². The van der Waals surface area contributed by atoms with Gasteiger partial charge in [0.05, 0.1) is 18.9 Å². The lowest BCUT2D eigenvalue weighted by Gasteiger charge is -2.20. The largest absolute Gasteiger partial charge is 0.362 e. The van der Waals surface area contributed by atoms with Gasteiger partial charge in [-0.15, -0.1) is 0 Å². The fraction of sp³-hybridized carbons (Fsp3) is 1.00. The van der Waals surface area contributed by atoms with Gasteiger partial charge in [0, 0.05) is 13.1 Å². The van der Waals surface area contributed by atoms with E-state index in [0.29, 0.717) is 12.2 Å². The van der Waals surface area contributed by atoms with Gasteiger partial charge < -0.3 is 9.47 Å². The van der Waals surface area contributed by atoms with Crippen LogP contribution in [-0.4, -0.2) is 55.2 Å². The number of rotatable bonds is 2. The van der Waals surface area contributed by atoms with E-state index in [-0.39, 0.29) is 0 Å². The van der Waals surface area contributed by atoms with Gasteiger partial charge in [-0.2, -0.15) is 0 Å². The Morgan fingerprint density at radius 1 is 1.00 bits per heavy atom. The zero-order chi connectivity index (χ0) is 9.26. The highest BCUT2D eigenvalue weighted by molar-refractivity contribution is 4.70. The molecule has 0 aromatic carbocycles. The number of ether oxygens (including phenoxy) is 2. The molecule has 2 aliphatic heterocycles. The topological polar surface area (TPSA) is 24.9 Å². The Bertz CT molecular complexity index is 159. The monoisotopic (exact) mass is 186 g/mol. The molecular formula is C9H18N2O2. The van der Waals surface area contributed by atoms with Crippen LogP contribution in [0.5, 0.6) is 0 Å². The van der Waals surface area contributed by atoms with Gasteiger partial charge in [0.15, 0.2) is 0 Å². The third-order valence-electron chi connectivity index (χ3n) is 2.51. The predicted octanol–water partition coefficient (Wildman–Crippen LogP) is 0.300.